The molecule has 0 bridgehead atoms. The Morgan fingerprint density at radius 2 is 1.74 bits per heavy atom. The molecule has 1 saturated heterocycles. The summed E-state index contributed by atoms with van der Waals surface area (Å²) >= 11 is 0. The summed E-state index contributed by atoms with van der Waals surface area (Å²) in [5, 5.41) is 2.80. The van der Waals surface area contributed by atoms with E-state index >= 15 is 0 Å². The molecule has 0 radical (unpaired) electrons. The Kier molecular flexibility index (Phi) is 5.12. The van der Waals surface area contributed by atoms with E-state index in [0.29, 0.717) is 31.6 Å². The standard InChI is InChI=1S/C15H18F3N3O2/c16-15(17,18)11-1-3-12(4-2-11)20-9-13(22)21-7-5-10(6-8-21)14(19)23/h1-4,10,20H,5-9H2,(H2,19,23). The molecule has 0 saturated carbocycles. The molecule has 1 fully saturated rings. The molecule has 3 N–H and O–H groups in total. The van der Waals surface area contributed by atoms with Gasteiger partial charge in [-0.2, -0.15) is 13.2 Å². The second-order valence-corrected chi connectivity index (χ2v) is 5.49. The molecule has 0 spiro atoms. The first-order valence-electron chi connectivity index (χ1n) is 7.25. The van der Waals surface area contributed by atoms with Crippen LogP contribution >= 0.6 is 0 Å². The number of hydrogen-bond donors (Lipinski definition) is 2. The summed E-state index contributed by atoms with van der Waals surface area (Å²) in [4.78, 5) is 24.7. The minimum absolute atomic E-state index is 0.00734. The number of carbonyl (C=O) groups is 2. The monoisotopic (exact) mass is 329 g/mol. The van der Waals surface area contributed by atoms with Crippen LogP contribution in [0, 0.1) is 5.92 Å². The van der Waals surface area contributed by atoms with Crippen LogP contribution in [0.4, 0.5) is 18.9 Å². The van der Waals surface area contributed by atoms with Gasteiger partial charge in [-0.25, -0.2) is 0 Å². The molecule has 0 aliphatic carbocycles. The number of nitrogens with one attached hydrogen (secondary N) is 1. The maximum Gasteiger partial charge on any atom is 0.416 e. The highest BCUT2D eigenvalue weighted by Gasteiger charge is 2.30. The van der Waals surface area contributed by atoms with Crippen molar-refractivity contribution in [3.05, 3.63) is 29.8 Å². The summed E-state index contributed by atoms with van der Waals surface area (Å²) < 4.78 is 37.4. The largest absolute Gasteiger partial charge is 0.416 e. The summed E-state index contributed by atoms with van der Waals surface area (Å²) in [6.45, 7) is 0.912. The summed E-state index contributed by atoms with van der Waals surface area (Å²) in [5.74, 6) is -0.699. The fourth-order valence-electron chi connectivity index (χ4n) is 2.48. The van der Waals surface area contributed by atoms with Crippen LogP contribution in [0.2, 0.25) is 0 Å². The van der Waals surface area contributed by atoms with E-state index in [1.54, 1.807) is 4.90 Å². The molecule has 1 aliphatic heterocycles. The van der Waals surface area contributed by atoms with Gasteiger partial charge in [0, 0.05) is 24.7 Å². The number of halogens is 3. The van der Waals surface area contributed by atoms with Gasteiger partial charge in [-0.3, -0.25) is 9.59 Å². The molecule has 1 heterocycles. The molecule has 1 aromatic carbocycles. The van der Waals surface area contributed by atoms with Crippen molar-refractivity contribution >= 4 is 17.5 Å². The number of rotatable bonds is 4. The normalized spacial score (nSPS) is 16.2. The predicted molar refractivity (Wildman–Crippen MR) is 78.4 cm³/mol. The Labute approximate surface area is 131 Å². The van der Waals surface area contributed by atoms with Gasteiger partial charge in [-0.1, -0.05) is 0 Å². The number of piperidine rings is 1. The number of nitrogens with zero attached hydrogens (tertiary/aromatic N) is 1. The van der Waals surface area contributed by atoms with E-state index in [9.17, 15) is 22.8 Å². The van der Waals surface area contributed by atoms with Crippen molar-refractivity contribution in [2.24, 2.45) is 11.7 Å². The molecular formula is C15H18F3N3O2. The first-order chi connectivity index (χ1) is 10.8. The zero-order valence-corrected chi connectivity index (χ0v) is 12.4. The van der Waals surface area contributed by atoms with Gasteiger partial charge >= 0.3 is 6.18 Å². The molecule has 2 amide bonds. The Hall–Kier alpha value is -2.25. The maximum atomic E-state index is 12.5. The average Bonchev–Trinajstić information content (AvgIpc) is 2.52. The number of benzene rings is 1. The van der Waals surface area contributed by atoms with Crippen LogP contribution in [0.25, 0.3) is 0 Å². The predicted octanol–water partition coefficient (Wildman–Crippen LogP) is 1.84. The van der Waals surface area contributed by atoms with Crippen LogP contribution < -0.4 is 11.1 Å². The molecule has 126 valence electrons. The van der Waals surface area contributed by atoms with E-state index in [-0.39, 0.29) is 24.3 Å². The quantitative estimate of drug-likeness (QED) is 0.885. The zero-order chi connectivity index (χ0) is 17.0. The van der Waals surface area contributed by atoms with Gasteiger partial charge in [0.25, 0.3) is 0 Å². The highest BCUT2D eigenvalue weighted by Crippen LogP contribution is 2.29. The second kappa shape index (κ2) is 6.89. The lowest BCUT2D eigenvalue weighted by Gasteiger charge is -2.30. The number of nitrogens with two attached hydrogens (primary N) is 1. The summed E-state index contributed by atoms with van der Waals surface area (Å²) in [6, 6.07) is 4.50. The zero-order valence-electron chi connectivity index (χ0n) is 12.4. The van der Waals surface area contributed by atoms with Crippen molar-refractivity contribution in [2.75, 3.05) is 25.0 Å². The van der Waals surface area contributed by atoms with E-state index in [2.05, 4.69) is 5.32 Å². The smallest absolute Gasteiger partial charge is 0.376 e. The summed E-state index contributed by atoms with van der Waals surface area (Å²) in [5.41, 5.74) is 4.94. The van der Waals surface area contributed by atoms with Crippen LogP contribution in [0.3, 0.4) is 0 Å². The number of likely N-dealkylation sites (tertiary alicyclic amines) is 1. The topological polar surface area (TPSA) is 75.4 Å². The van der Waals surface area contributed by atoms with Gasteiger partial charge in [-0.15, -0.1) is 0 Å². The molecular weight excluding hydrogens is 311 g/mol. The van der Waals surface area contributed by atoms with Crippen molar-refractivity contribution in [1.82, 2.24) is 4.90 Å². The maximum absolute atomic E-state index is 12.5. The lowest BCUT2D eigenvalue weighted by atomic mass is 9.96. The fourth-order valence-corrected chi connectivity index (χ4v) is 2.48. The van der Waals surface area contributed by atoms with E-state index < -0.39 is 11.7 Å². The molecule has 1 aliphatic rings. The Morgan fingerprint density at radius 3 is 2.22 bits per heavy atom. The van der Waals surface area contributed by atoms with Gasteiger partial charge in [0.05, 0.1) is 12.1 Å². The van der Waals surface area contributed by atoms with Crippen molar-refractivity contribution in [3.8, 4) is 0 Å². The van der Waals surface area contributed by atoms with Gasteiger partial charge in [-0.05, 0) is 37.1 Å². The summed E-state index contributed by atoms with van der Waals surface area (Å²) in [6.07, 6.45) is -3.29. The average molecular weight is 329 g/mol. The Bertz CT molecular complexity index is 564. The number of anilines is 1. The molecule has 2 rings (SSSR count). The second-order valence-electron chi connectivity index (χ2n) is 5.49. The number of amides is 2. The van der Waals surface area contributed by atoms with Crippen LogP contribution in [0.1, 0.15) is 18.4 Å². The minimum Gasteiger partial charge on any atom is -0.376 e. The van der Waals surface area contributed by atoms with Crippen LogP contribution in [0.5, 0.6) is 0 Å². The number of alkyl halides is 3. The lowest BCUT2D eigenvalue weighted by Crippen LogP contribution is -2.43. The molecule has 1 aromatic rings. The SMILES string of the molecule is NC(=O)C1CCN(C(=O)CNc2ccc(C(F)(F)F)cc2)CC1. The first kappa shape index (κ1) is 17.1. The molecule has 5 nitrogen and oxygen atoms in total. The molecule has 0 aromatic heterocycles. The Morgan fingerprint density at radius 1 is 1.17 bits per heavy atom. The van der Waals surface area contributed by atoms with Gasteiger partial charge in [0.15, 0.2) is 0 Å². The van der Waals surface area contributed by atoms with Crippen molar-refractivity contribution in [2.45, 2.75) is 19.0 Å². The minimum atomic E-state index is -4.38. The van der Waals surface area contributed by atoms with Crippen molar-refractivity contribution in [1.29, 1.82) is 0 Å². The Balaban J connectivity index is 1.82. The summed E-state index contributed by atoms with van der Waals surface area (Å²) in [7, 11) is 0. The number of carbonyl (C=O) groups excluding carboxylic acids is 2. The van der Waals surface area contributed by atoms with Gasteiger partial charge < -0.3 is 16.0 Å². The third-order valence-corrected chi connectivity index (χ3v) is 3.91. The third-order valence-electron chi connectivity index (χ3n) is 3.91. The highest BCUT2D eigenvalue weighted by atomic mass is 19.4. The van der Waals surface area contributed by atoms with Crippen molar-refractivity contribution < 1.29 is 22.8 Å². The van der Waals surface area contributed by atoms with Crippen molar-refractivity contribution in [3.63, 3.8) is 0 Å². The first-order valence-corrected chi connectivity index (χ1v) is 7.25. The third kappa shape index (κ3) is 4.61. The molecule has 0 unspecified atom stereocenters. The van der Waals surface area contributed by atoms with Gasteiger partial charge in [0.2, 0.25) is 11.8 Å². The number of primary amides is 1. The van der Waals surface area contributed by atoms with E-state index in [1.807, 2.05) is 0 Å². The molecule has 23 heavy (non-hydrogen) atoms. The van der Waals surface area contributed by atoms with Gasteiger partial charge in [0.1, 0.15) is 0 Å². The number of hydrogen-bond acceptors (Lipinski definition) is 3. The van der Waals surface area contributed by atoms with Crippen LogP contribution in [-0.4, -0.2) is 36.3 Å². The highest BCUT2D eigenvalue weighted by molar-refractivity contribution is 5.81. The lowest BCUT2D eigenvalue weighted by molar-refractivity contribution is -0.137. The van der Waals surface area contributed by atoms with E-state index in [0.717, 1.165) is 12.1 Å². The molecule has 0 atom stereocenters. The van der Waals surface area contributed by atoms with Crippen LogP contribution in [-0.2, 0) is 15.8 Å². The van der Waals surface area contributed by atoms with E-state index in [1.165, 1.54) is 12.1 Å². The van der Waals surface area contributed by atoms with E-state index in [4.69, 9.17) is 5.73 Å². The fraction of sp³-hybridized carbons (Fsp3) is 0.467. The van der Waals surface area contributed by atoms with Crippen LogP contribution in [0.15, 0.2) is 24.3 Å². The molecule has 8 heteroatoms.